The zero-order valence-electron chi connectivity index (χ0n) is 16.1. The second kappa shape index (κ2) is 10.9. The smallest absolute Gasteiger partial charge is 0.253 e. The van der Waals surface area contributed by atoms with Gasteiger partial charge in [-0.25, -0.2) is 0 Å². The molecular formula is C21H17BrCl2N4O2S. The third kappa shape index (κ3) is 6.20. The van der Waals surface area contributed by atoms with Crippen molar-refractivity contribution in [1.29, 1.82) is 0 Å². The molecule has 6 nitrogen and oxygen atoms in total. The monoisotopic (exact) mass is 538 g/mol. The van der Waals surface area contributed by atoms with E-state index in [9.17, 15) is 9.59 Å². The maximum Gasteiger partial charge on any atom is 0.253 e. The third-order valence-electron chi connectivity index (χ3n) is 4.19. The summed E-state index contributed by atoms with van der Waals surface area (Å²) in [4.78, 5) is 24.9. The summed E-state index contributed by atoms with van der Waals surface area (Å²) in [5.41, 5.74) is 0.938. The molecule has 0 unspecified atom stereocenters. The van der Waals surface area contributed by atoms with Gasteiger partial charge in [0.2, 0.25) is 0 Å². The molecule has 31 heavy (non-hydrogen) atoms. The predicted octanol–water partition coefficient (Wildman–Crippen LogP) is 5.44. The third-order valence-corrected chi connectivity index (χ3v) is 6.23. The van der Waals surface area contributed by atoms with Gasteiger partial charge in [-0.1, -0.05) is 69.1 Å². The molecule has 1 N–H and O–H groups in total. The van der Waals surface area contributed by atoms with Crippen LogP contribution >= 0.6 is 50.9 Å². The normalized spacial score (nSPS) is 10.7. The Morgan fingerprint density at radius 2 is 1.90 bits per heavy atom. The number of aromatic nitrogens is 3. The molecule has 2 aromatic carbocycles. The first-order chi connectivity index (χ1) is 14.9. The van der Waals surface area contributed by atoms with Gasteiger partial charge < -0.3 is 9.88 Å². The van der Waals surface area contributed by atoms with Crippen molar-refractivity contribution in [2.24, 2.45) is 0 Å². The molecule has 0 aliphatic rings. The summed E-state index contributed by atoms with van der Waals surface area (Å²) in [6.45, 7) is 4.34. The van der Waals surface area contributed by atoms with Gasteiger partial charge in [0, 0.05) is 21.6 Å². The number of rotatable bonds is 9. The number of nitrogens with zero attached hydrogens (tertiary/aromatic N) is 3. The number of allylic oxidation sites excluding steroid dienone is 1. The number of carbonyl (C=O) groups excluding carboxylic acids is 2. The maximum atomic E-state index is 12.5. The van der Waals surface area contributed by atoms with Gasteiger partial charge in [0.25, 0.3) is 5.91 Å². The first-order valence-electron chi connectivity index (χ1n) is 9.07. The highest BCUT2D eigenvalue weighted by molar-refractivity contribution is 9.10. The Balaban J connectivity index is 1.66. The van der Waals surface area contributed by atoms with E-state index in [0.29, 0.717) is 33.7 Å². The zero-order valence-corrected chi connectivity index (χ0v) is 20.1. The van der Waals surface area contributed by atoms with Crippen molar-refractivity contribution in [1.82, 2.24) is 20.1 Å². The van der Waals surface area contributed by atoms with Crippen LogP contribution in [0.15, 0.2) is 64.7 Å². The SMILES string of the molecule is C=CCn1c(CNC(=O)c2ccc(Cl)cc2Cl)nnc1SCC(=O)c1ccc(Br)cc1. The van der Waals surface area contributed by atoms with Gasteiger partial charge in [-0.2, -0.15) is 0 Å². The molecule has 10 heteroatoms. The summed E-state index contributed by atoms with van der Waals surface area (Å²) in [5, 5.41) is 12.4. The van der Waals surface area contributed by atoms with Crippen LogP contribution in [0.2, 0.25) is 10.0 Å². The lowest BCUT2D eigenvalue weighted by atomic mass is 10.2. The van der Waals surface area contributed by atoms with E-state index in [1.807, 2.05) is 12.1 Å². The Hall–Kier alpha value is -2.13. The largest absolute Gasteiger partial charge is 0.345 e. The maximum absolute atomic E-state index is 12.5. The first kappa shape index (κ1) is 23.5. The number of ketones is 1. The minimum atomic E-state index is -0.352. The fourth-order valence-electron chi connectivity index (χ4n) is 2.65. The second-order valence-electron chi connectivity index (χ2n) is 6.32. The Bertz CT molecular complexity index is 1120. The van der Waals surface area contributed by atoms with E-state index in [-0.39, 0.29) is 29.0 Å². The standard InChI is InChI=1S/C21H17BrCl2N4O2S/c1-2-9-28-19(11-25-20(30)16-8-7-15(23)10-17(16)24)26-27-21(28)31-12-18(29)13-3-5-14(22)6-4-13/h2-8,10H,1,9,11-12H2,(H,25,30). The van der Waals surface area contributed by atoms with E-state index >= 15 is 0 Å². The van der Waals surface area contributed by atoms with Crippen LogP contribution in [0.4, 0.5) is 0 Å². The van der Waals surface area contributed by atoms with Crippen LogP contribution in [-0.2, 0) is 13.1 Å². The van der Waals surface area contributed by atoms with Crippen molar-refractivity contribution >= 4 is 62.6 Å². The van der Waals surface area contributed by atoms with Crippen LogP contribution in [0.3, 0.4) is 0 Å². The molecule has 0 aliphatic carbocycles. The minimum absolute atomic E-state index is 0.0158. The number of benzene rings is 2. The highest BCUT2D eigenvalue weighted by Gasteiger charge is 2.16. The van der Waals surface area contributed by atoms with E-state index in [0.717, 1.165) is 4.47 Å². The van der Waals surface area contributed by atoms with Crippen LogP contribution in [0.5, 0.6) is 0 Å². The van der Waals surface area contributed by atoms with Crippen molar-refractivity contribution in [2.45, 2.75) is 18.2 Å². The van der Waals surface area contributed by atoms with E-state index in [4.69, 9.17) is 23.2 Å². The number of amides is 1. The van der Waals surface area contributed by atoms with Gasteiger partial charge in [-0.3, -0.25) is 9.59 Å². The Morgan fingerprint density at radius 1 is 1.16 bits per heavy atom. The Labute approximate surface area is 202 Å². The quantitative estimate of drug-likeness (QED) is 0.222. The average molecular weight is 540 g/mol. The highest BCUT2D eigenvalue weighted by atomic mass is 79.9. The molecule has 3 aromatic rings. The number of hydrogen-bond acceptors (Lipinski definition) is 5. The molecule has 0 fully saturated rings. The van der Waals surface area contributed by atoms with E-state index in [1.54, 1.807) is 34.9 Å². The van der Waals surface area contributed by atoms with Gasteiger partial charge >= 0.3 is 0 Å². The summed E-state index contributed by atoms with van der Waals surface area (Å²) in [7, 11) is 0. The van der Waals surface area contributed by atoms with E-state index < -0.39 is 0 Å². The van der Waals surface area contributed by atoms with E-state index in [2.05, 4.69) is 38.0 Å². The van der Waals surface area contributed by atoms with Gasteiger partial charge in [-0.05, 0) is 30.3 Å². The molecule has 0 bridgehead atoms. The lowest BCUT2D eigenvalue weighted by Gasteiger charge is -2.09. The van der Waals surface area contributed by atoms with Crippen LogP contribution in [0, 0.1) is 0 Å². The fraction of sp³-hybridized carbons (Fsp3) is 0.143. The summed E-state index contributed by atoms with van der Waals surface area (Å²) in [6, 6.07) is 11.9. The van der Waals surface area contributed by atoms with Crippen molar-refractivity contribution < 1.29 is 9.59 Å². The summed E-state index contributed by atoms with van der Waals surface area (Å²) in [6.07, 6.45) is 1.70. The lowest BCUT2D eigenvalue weighted by molar-refractivity contribution is 0.0948. The summed E-state index contributed by atoms with van der Waals surface area (Å²) < 4.78 is 2.71. The molecule has 1 heterocycles. The number of halogens is 3. The molecule has 0 atom stereocenters. The second-order valence-corrected chi connectivity index (χ2v) is 9.03. The molecule has 3 rings (SSSR count). The van der Waals surface area contributed by atoms with Gasteiger partial charge in [-0.15, -0.1) is 16.8 Å². The first-order valence-corrected chi connectivity index (χ1v) is 11.6. The molecule has 160 valence electrons. The molecule has 0 radical (unpaired) electrons. The topological polar surface area (TPSA) is 76.9 Å². The fourth-order valence-corrected chi connectivity index (χ4v) is 4.27. The molecule has 0 spiro atoms. The number of carbonyl (C=O) groups is 2. The van der Waals surface area contributed by atoms with Crippen LogP contribution in [-0.4, -0.2) is 32.2 Å². The summed E-state index contributed by atoms with van der Waals surface area (Å²) in [5.74, 6) is 0.383. The number of thioether (sulfide) groups is 1. The van der Waals surface area contributed by atoms with Gasteiger partial charge in [0.05, 0.1) is 22.9 Å². The van der Waals surface area contributed by atoms with E-state index in [1.165, 1.54) is 17.8 Å². The minimum Gasteiger partial charge on any atom is -0.345 e. The average Bonchev–Trinajstić information content (AvgIpc) is 3.12. The van der Waals surface area contributed by atoms with Crippen LogP contribution < -0.4 is 5.32 Å². The summed E-state index contributed by atoms with van der Waals surface area (Å²) >= 11 is 16.6. The zero-order chi connectivity index (χ0) is 22.4. The van der Waals surface area contributed by atoms with Crippen LogP contribution in [0.1, 0.15) is 26.5 Å². The highest BCUT2D eigenvalue weighted by Crippen LogP contribution is 2.22. The molecule has 1 aromatic heterocycles. The van der Waals surface area contributed by atoms with Gasteiger partial charge in [0.15, 0.2) is 16.8 Å². The lowest BCUT2D eigenvalue weighted by Crippen LogP contribution is -2.25. The molecule has 1 amide bonds. The van der Waals surface area contributed by atoms with Crippen LogP contribution in [0.25, 0.3) is 0 Å². The van der Waals surface area contributed by atoms with Crippen molar-refractivity contribution in [3.63, 3.8) is 0 Å². The Morgan fingerprint density at radius 3 is 2.58 bits per heavy atom. The van der Waals surface area contributed by atoms with Gasteiger partial charge in [0.1, 0.15) is 0 Å². The number of nitrogens with one attached hydrogen (secondary N) is 1. The molecule has 0 saturated heterocycles. The number of Topliss-reactive ketones (excluding diaryl/α,β-unsaturated/α-hetero) is 1. The molecule has 0 saturated carbocycles. The van der Waals surface area contributed by atoms with Crippen molar-refractivity contribution in [3.05, 3.63) is 86.6 Å². The predicted molar refractivity (Wildman–Crippen MR) is 127 cm³/mol. The Kier molecular flexibility index (Phi) is 8.31. The number of hydrogen-bond donors (Lipinski definition) is 1. The molecular weight excluding hydrogens is 523 g/mol. The van der Waals surface area contributed by atoms with Crippen molar-refractivity contribution in [2.75, 3.05) is 5.75 Å². The molecule has 0 aliphatic heterocycles. The van der Waals surface area contributed by atoms with Crippen molar-refractivity contribution in [3.8, 4) is 0 Å².